The Labute approximate surface area is 79.0 Å². The van der Waals surface area contributed by atoms with Crippen LogP contribution < -0.4 is 0 Å². The second-order valence-electron chi connectivity index (χ2n) is 4.39. The maximum absolute atomic E-state index is 9.66. The van der Waals surface area contributed by atoms with E-state index in [0.29, 0.717) is 12.8 Å². The maximum atomic E-state index is 9.66. The summed E-state index contributed by atoms with van der Waals surface area (Å²) in [6.45, 7) is 2.96. The smallest absolute Gasteiger partial charge is 0.153 e. The molecule has 1 saturated heterocycles. The van der Waals surface area contributed by atoms with Gasteiger partial charge in [0.05, 0.1) is 6.07 Å². The molecule has 1 aliphatic heterocycles. The first-order chi connectivity index (χ1) is 6.22. The van der Waals surface area contributed by atoms with Gasteiger partial charge in [-0.2, -0.15) is 5.26 Å². The number of aliphatic hydroxyl groups is 1. The molecule has 72 valence electrons. The third-order valence-corrected chi connectivity index (χ3v) is 3.10. The molecule has 0 aromatic heterocycles. The largest absolute Gasteiger partial charge is 0.375 e. The zero-order valence-electron chi connectivity index (χ0n) is 7.87. The standard InChI is InChI=1S/C10H16N2O/c11-8-10(13)3-5-12(6-4-10)7-9-1-2-9/h9,13H,1-7H2. The Morgan fingerprint density at radius 1 is 1.38 bits per heavy atom. The molecule has 13 heavy (non-hydrogen) atoms. The first kappa shape index (κ1) is 8.98. The van der Waals surface area contributed by atoms with E-state index in [2.05, 4.69) is 4.90 Å². The molecule has 0 aromatic rings. The van der Waals surface area contributed by atoms with Gasteiger partial charge in [0.2, 0.25) is 0 Å². The SMILES string of the molecule is N#CC1(O)CCN(CC2CC2)CC1. The van der Waals surface area contributed by atoms with Gasteiger partial charge in [-0.1, -0.05) is 0 Å². The van der Waals surface area contributed by atoms with Crippen molar-refractivity contribution in [2.45, 2.75) is 31.3 Å². The van der Waals surface area contributed by atoms with Crippen molar-refractivity contribution in [1.29, 1.82) is 5.26 Å². The normalized spacial score (nSPS) is 28.3. The Balaban J connectivity index is 1.78. The van der Waals surface area contributed by atoms with Crippen molar-refractivity contribution >= 4 is 0 Å². The predicted molar refractivity (Wildman–Crippen MR) is 49.0 cm³/mol. The summed E-state index contributed by atoms with van der Waals surface area (Å²) in [6, 6.07) is 2.00. The second kappa shape index (κ2) is 3.28. The molecule has 1 N–H and O–H groups in total. The van der Waals surface area contributed by atoms with E-state index in [9.17, 15) is 5.11 Å². The maximum Gasteiger partial charge on any atom is 0.153 e. The molecule has 0 unspecified atom stereocenters. The van der Waals surface area contributed by atoms with Crippen LogP contribution in [0.5, 0.6) is 0 Å². The number of piperidine rings is 1. The number of nitriles is 1. The van der Waals surface area contributed by atoms with Gasteiger partial charge in [-0.3, -0.25) is 0 Å². The van der Waals surface area contributed by atoms with Gasteiger partial charge in [0.1, 0.15) is 0 Å². The third kappa shape index (κ3) is 2.20. The lowest BCUT2D eigenvalue weighted by molar-refractivity contribution is 0.0241. The van der Waals surface area contributed by atoms with Crippen molar-refractivity contribution in [2.24, 2.45) is 5.92 Å². The zero-order valence-corrected chi connectivity index (χ0v) is 7.87. The van der Waals surface area contributed by atoms with E-state index in [1.165, 1.54) is 19.4 Å². The molecule has 1 aliphatic carbocycles. The van der Waals surface area contributed by atoms with Crippen LogP contribution >= 0.6 is 0 Å². The van der Waals surface area contributed by atoms with Crippen LogP contribution in [-0.2, 0) is 0 Å². The lowest BCUT2D eigenvalue weighted by Gasteiger charge is -2.33. The Kier molecular flexibility index (Phi) is 2.27. The number of hydrogen-bond acceptors (Lipinski definition) is 3. The summed E-state index contributed by atoms with van der Waals surface area (Å²) in [6.07, 6.45) is 3.99. The Hall–Kier alpha value is -0.590. The van der Waals surface area contributed by atoms with Crippen molar-refractivity contribution in [3.8, 4) is 6.07 Å². The van der Waals surface area contributed by atoms with Crippen LogP contribution in [0, 0.1) is 17.2 Å². The molecule has 0 atom stereocenters. The minimum Gasteiger partial charge on any atom is -0.375 e. The molecule has 1 saturated carbocycles. The molecular weight excluding hydrogens is 164 g/mol. The quantitative estimate of drug-likeness (QED) is 0.638. The summed E-state index contributed by atoms with van der Waals surface area (Å²) in [5.74, 6) is 0.910. The van der Waals surface area contributed by atoms with Gasteiger partial charge in [-0.05, 0) is 18.8 Å². The van der Waals surface area contributed by atoms with Crippen molar-refractivity contribution < 1.29 is 5.11 Å². The highest BCUT2D eigenvalue weighted by atomic mass is 16.3. The summed E-state index contributed by atoms with van der Waals surface area (Å²) in [4.78, 5) is 2.38. The summed E-state index contributed by atoms with van der Waals surface area (Å²) in [5, 5.41) is 18.4. The Morgan fingerprint density at radius 2 is 2.00 bits per heavy atom. The van der Waals surface area contributed by atoms with Crippen molar-refractivity contribution in [3.05, 3.63) is 0 Å². The molecule has 2 aliphatic rings. The summed E-state index contributed by atoms with van der Waals surface area (Å²) in [7, 11) is 0. The highest BCUT2D eigenvalue weighted by Gasteiger charge is 2.34. The zero-order chi connectivity index (χ0) is 9.31. The van der Waals surface area contributed by atoms with Gasteiger partial charge in [0.15, 0.2) is 5.60 Å². The first-order valence-electron chi connectivity index (χ1n) is 5.08. The van der Waals surface area contributed by atoms with E-state index in [-0.39, 0.29) is 0 Å². The molecule has 3 nitrogen and oxygen atoms in total. The van der Waals surface area contributed by atoms with Crippen LogP contribution in [0.1, 0.15) is 25.7 Å². The number of nitrogens with zero attached hydrogens (tertiary/aromatic N) is 2. The van der Waals surface area contributed by atoms with Crippen LogP contribution in [0.4, 0.5) is 0 Å². The highest BCUT2D eigenvalue weighted by molar-refractivity contribution is 5.03. The lowest BCUT2D eigenvalue weighted by Crippen LogP contribution is -2.44. The topological polar surface area (TPSA) is 47.3 Å². The second-order valence-corrected chi connectivity index (χ2v) is 4.39. The molecule has 2 rings (SSSR count). The lowest BCUT2D eigenvalue weighted by atomic mass is 9.93. The average molecular weight is 180 g/mol. The van der Waals surface area contributed by atoms with Crippen LogP contribution in [0.2, 0.25) is 0 Å². The molecule has 0 amide bonds. The van der Waals surface area contributed by atoms with E-state index < -0.39 is 5.60 Å². The summed E-state index contributed by atoms with van der Waals surface area (Å²) in [5.41, 5.74) is -1.03. The molecule has 0 bridgehead atoms. The fourth-order valence-corrected chi connectivity index (χ4v) is 1.88. The monoisotopic (exact) mass is 180 g/mol. The first-order valence-corrected chi connectivity index (χ1v) is 5.08. The van der Waals surface area contributed by atoms with Gasteiger partial charge < -0.3 is 10.0 Å². The Morgan fingerprint density at radius 3 is 2.46 bits per heavy atom. The highest BCUT2D eigenvalue weighted by Crippen LogP contribution is 2.31. The van der Waals surface area contributed by atoms with E-state index in [4.69, 9.17) is 5.26 Å². The molecule has 1 heterocycles. The van der Waals surface area contributed by atoms with E-state index in [0.717, 1.165) is 19.0 Å². The molecule has 0 spiro atoms. The van der Waals surface area contributed by atoms with Crippen LogP contribution in [0.25, 0.3) is 0 Å². The minimum absolute atomic E-state index is 0.621. The molecule has 0 radical (unpaired) electrons. The van der Waals surface area contributed by atoms with Crippen LogP contribution in [0.15, 0.2) is 0 Å². The van der Waals surface area contributed by atoms with Crippen molar-refractivity contribution in [2.75, 3.05) is 19.6 Å². The molecule has 2 fully saturated rings. The van der Waals surface area contributed by atoms with Gasteiger partial charge >= 0.3 is 0 Å². The van der Waals surface area contributed by atoms with E-state index in [1.807, 2.05) is 6.07 Å². The Bertz CT molecular complexity index is 222. The number of likely N-dealkylation sites (tertiary alicyclic amines) is 1. The molecule has 3 heteroatoms. The fraction of sp³-hybridized carbons (Fsp3) is 0.900. The van der Waals surface area contributed by atoms with E-state index in [1.54, 1.807) is 0 Å². The minimum atomic E-state index is -1.03. The molecule has 0 aromatic carbocycles. The van der Waals surface area contributed by atoms with Gasteiger partial charge in [-0.15, -0.1) is 0 Å². The van der Waals surface area contributed by atoms with Crippen LogP contribution in [0.3, 0.4) is 0 Å². The van der Waals surface area contributed by atoms with E-state index >= 15 is 0 Å². The molecular formula is C10H16N2O. The van der Waals surface area contributed by atoms with Gasteiger partial charge in [0.25, 0.3) is 0 Å². The van der Waals surface area contributed by atoms with Crippen LogP contribution in [-0.4, -0.2) is 35.2 Å². The third-order valence-electron chi connectivity index (χ3n) is 3.10. The summed E-state index contributed by atoms with van der Waals surface area (Å²) >= 11 is 0. The number of rotatable bonds is 2. The average Bonchev–Trinajstić information content (AvgIpc) is 2.93. The van der Waals surface area contributed by atoms with Gasteiger partial charge in [-0.25, -0.2) is 0 Å². The number of hydrogen-bond donors (Lipinski definition) is 1. The van der Waals surface area contributed by atoms with Gasteiger partial charge in [0, 0.05) is 32.5 Å². The van der Waals surface area contributed by atoms with Crippen molar-refractivity contribution in [3.63, 3.8) is 0 Å². The predicted octanol–water partition coefficient (Wildman–Crippen LogP) is 0.747. The van der Waals surface area contributed by atoms with Crippen molar-refractivity contribution in [1.82, 2.24) is 4.90 Å². The fourth-order valence-electron chi connectivity index (χ4n) is 1.88. The summed E-state index contributed by atoms with van der Waals surface area (Å²) < 4.78 is 0.